The Morgan fingerprint density at radius 2 is 0.202 bits per heavy atom. The van der Waals surface area contributed by atoms with Gasteiger partial charge >= 0.3 is 0 Å². The van der Waals surface area contributed by atoms with Gasteiger partial charge in [-0.25, -0.2) is 0 Å². The minimum Gasteiger partial charge on any atom is -1.00 e. The van der Waals surface area contributed by atoms with E-state index in [1.807, 2.05) is 0 Å². The Labute approximate surface area is 540 Å². The molecule has 0 aliphatic carbocycles. The van der Waals surface area contributed by atoms with Crippen molar-refractivity contribution in [1.82, 2.24) is 0 Å². The van der Waals surface area contributed by atoms with Crippen LogP contribution in [0.4, 0.5) is 0 Å². The van der Waals surface area contributed by atoms with E-state index in [0.717, 1.165) is 34.3 Å². The van der Waals surface area contributed by atoms with Gasteiger partial charge in [0.15, 0.2) is 0 Å². The Kier molecular flexibility index (Phi) is 132. The van der Waals surface area contributed by atoms with E-state index in [-0.39, 0.29) is 18.8 Å². The molecule has 0 saturated heterocycles. The van der Waals surface area contributed by atoms with E-state index >= 15 is 0 Å². The highest BCUT2D eigenvalue weighted by molar-refractivity contribution is 7.38. The molecule has 0 N–H and O–H groups in total. The van der Waals surface area contributed by atoms with Crippen LogP contribution < -0.4 is 18.8 Å². The number of unbranched alkanes of at least 4 members (excludes halogenated alkanes) is 52. The van der Waals surface area contributed by atoms with E-state index in [0.29, 0.717) is 0 Å². The molecule has 0 aromatic carbocycles. The Morgan fingerprint density at radius 1 is 0.107 bits per heavy atom. The predicted octanol–water partition coefficient (Wildman–Crippen LogP) is 17.2. The van der Waals surface area contributed by atoms with Gasteiger partial charge in [-0.05, 0) is 111 Å². The quantitative estimate of drug-likeness (QED) is 0.0323. The van der Waals surface area contributed by atoms with Crippen LogP contribution in [0, 0.1) is 0 Å². The lowest BCUT2D eigenvalue weighted by Gasteiger charge is -2.02. The smallest absolute Gasteiger partial charge is 0.0549 e. The zero-order valence-corrected chi connectivity index (χ0v) is 64.5. The molecule has 4 unspecified atom stereocenters. The van der Waals surface area contributed by atoms with E-state index in [2.05, 4.69) is 55.4 Å². The van der Waals surface area contributed by atoms with E-state index in [1.54, 1.807) is 24.6 Å². The van der Waals surface area contributed by atoms with Crippen molar-refractivity contribution in [3.63, 3.8) is 0 Å². The van der Waals surface area contributed by atoms with Crippen molar-refractivity contribution in [1.29, 1.82) is 0 Å². The molecular weight excluding hydrogens is 1110 g/mol. The third-order valence-corrected chi connectivity index (χ3v) is 24.2. The van der Waals surface area contributed by atoms with Crippen molar-refractivity contribution in [3.05, 3.63) is 0 Å². The van der Waals surface area contributed by atoms with Gasteiger partial charge in [-0.1, -0.05) is 364 Å². The average molecular weight is 1280 g/mol. The van der Waals surface area contributed by atoms with Crippen molar-refractivity contribution in [3.8, 4) is 0 Å². The van der Waals surface area contributed by atoms with Gasteiger partial charge in [0, 0.05) is 0 Å². The first-order valence-electron chi connectivity index (χ1n) is 38.9. The predicted molar refractivity (Wildman–Crippen MR) is 400 cm³/mol. The first kappa shape index (κ1) is 102. The first-order chi connectivity index (χ1) is 39.7. The number of hydrogen-bond donors (Lipinski definition) is 0. The summed E-state index contributed by atoms with van der Waals surface area (Å²) in [6.07, 6.45) is 101. The maximum Gasteiger partial charge on any atom is 0.0549 e. The van der Waals surface area contributed by atoms with Crippen LogP contribution in [0.25, 0.3) is 0 Å². The molecule has 4 atom stereocenters. The minimum absolute atomic E-state index is 0. The third-order valence-electron chi connectivity index (χ3n) is 17.0. The topological polar surface area (TPSA) is 0 Å². The molecule has 0 aromatic rings. The van der Waals surface area contributed by atoms with Crippen LogP contribution in [-0.2, 0) is 0 Å². The Hall–Kier alpha value is 1.44. The monoisotopic (exact) mass is 1280 g/mol. The fourth-order valence-electron chi connectivity index (χ4n) is 11.3. The summed E-state index contributed by atoms with van der Waals surface area (Å²) in [5.41, 5.74) is 0. The molecule has 0 aromatic heterocycles. The van der Waals surface area contributed by atoms with Gasteiger partial charge in [0.05, 0.1) is 49.3 Å². The van der Waals surface area contributed by atoms with Crippen LogP contribution in [0.2, 0.25) is 0 Å². The van der Waals surface area contributed by atoms with Crippen LogP contribution in [0.1, 0.15) is 441 Å². The molecule has 84 heavy (non-hydrogen) atoms. The minimum atomic E-state index is 0. The molecule has 0 aliphatic heterocycles. The molecule has 0 radical (unpaired) electrons. The highest BCUT2D eigenvalue weighted by Gasteiger charge is 2.01. The molecule has 0 heterocycles. The molecule has 0 amide bonds. The SMILES string of the molecule is CCCCCCCCCCCCCCCC[PH2+]CCC.CCCCCCCCCCCCCCCC[PH2+]CCC.CCCCCCCCCCCCCCCC[PH2+]CCC.CCCCCCCCCCCCCCCC[PH2+]CCC.[F-].[F-].[F-].[F-]. The van der Waals surface area contributed by atoms with Gasteiger partial charge < -0.3 is 18.8 Å². The van der Waals surface area contributed by atoms with Gasteiger partial charge in [0.2, 0.25) is 0 Å². The van der Waals surface area contributed by atoms with E-state index in [4.69, 9.17) is 0 Å². The summed E-state index contributed by atoms with van der Waals surface area (Å²) in [7, 11) is 3.19. The summed E-state index contributed by atoms with van der Waals surface area (Å²) in [5.74, 6) is 0. The molecule has 0 nitrogen and oxygen atoms in total. The second kappa shape index (κ2) is 109. The fraction of sp³-hybridized carbons (Fsp3) is 1.00. The Bertz CT molecular complexity index is 719. The van der Waals surface area contributed by atoms with Gasteiger partial charge in [0.1, 0.15) is 0 Å². The van der Waals surface area contributed by atoms with Crippen LogP contribution in [0.15, 0.2) is 0 Å². The molecule has 8 heteroatoms. The second-order valence-corrected chi connectivity index (χ2v) is 32.8. The van der Waals surface area contributed by atoms with Crippen LogP contribution >= 0.6 is 34.3 Å². The van der Waals surface area contributed by atoms with E-state index in [1.165, 1.54) is 410 Å². The molecule has 0 bridgehead atoms. The zero-order chi connectivity index (χ0) is 58.9. The third kappa shape index (κ3) is 118. The molecule has 0 rings (SSSR count). The molecule has 0 spiro atoms. The summed E-state index contributed by atoms with van der Waals surface area (Å²) < 4.78 is 0. The van der Waals surface area contributed by atoms with Crippen LogP contribution in [0.5, 0.6) is 0 Å². The van der Waals surface area contributed by atoms with Gasteiger partial charge in [-0.2, -0.15) is 0 Å². The largest absolute Gasteiger partial charge is 1.00 e. The first-order valence-corrected chi connectivity index (χ1v) is 45.5. The maximum absolute atomic E-state index is 2.32. The molecule has 0 fully saturated rings. The summed E-state index contributed by atoms with van der Waals surface area (Å²) in [6.45, 7) is 18.5. The highest BCUT2D eigenvalue weighted by atomic mass is 31.1. The van der Waals surface area contributed by atoms with Crippen molar-refractivity contribution >= 4 is 34.3 Å². The fourth-order valence-corrected chi connectivity index (χ4v) is 16.4. The lowest BCUT2D eigenvalue weighted by atomic mass is 10.0. The highest BCUT2D eigenvalue weighted by Crippen LogP contribution is 2.21. The van der Waals surface area contributed by atoms with E-state index < -0.39 is 0 Å². The number of hydrogen-bond acceptors (Lipinski definition) is 0. The van der Waals surface area contributed by atoms with Crippen molar-refractivity contribution in [2.75, 3.05) is 49.3 Å². The van der Waals surface area contributed by atoms with Crippen LogP contribution in [-0.4, -0.2) is 49.3 Å². The summed E-state index contributed by atoms with van der Waals surface area (Å²) >= 11 is 0. The average Bonchev–Trinajstić information content (AvgIpc) is 3.47. The molecular formula is C76H168F4P4. The zero-order valence-electron chi connectivity index (χ0n) is 59.9. The van der Waals surface area contributed by atoms with Crippen molar-refractivity contribution in [2.24, 2.45) is 0 Å². The van der Waals surface area contributed by atoms with Gasteiger partial charge in [-0.15, -0.1) is 0 Å². The van der Waals surface area contributed by atoms with Crippen LogP contribution in [0.3, 0.4) is 0 Å². The Balaban J connectivity index is -0.000000150. The summed E-state index contributed by atoms with van der Waals surface area (Å²) in [4.78, 5) is 0. The number of rotatable bonds is 68. The Morgan fingerprint density at radius 3 is 0.298 bits per heavy atom. The summed E-state index contributed by atoms with van der Waals surface area (Å²) in [5, 5.41) is 0. The maximum atomic E-state index is 2.32. The van der Waals surface area contributed by atoms with E-state index in [9.17, 15) is 0 Å². The lowest BCUT2D eigenvalue weighted by molar-refractivity contribution is -0.00100. The lowest BCUT2D eigenvalue weighted by Crippen LogP contribution is -3.00. The second-order valence-electron chi connectivity index (χ2n) is 25.8. The molecule has 520 valence electrons. The standard InChI is InChI=1S/4C19H41P.4FH/c4*1-3-5-6-7-8-9-10-11-12-13-14-15-16-17-19-20-18-4-2;;;;/h4*20H,3-19H2,1-2H3;4*1H. The van der Waals surface area contributed by atoms with Crippen molar-refractivity contribution in [2.45, 2.75) is 441 Å². The van der Waals surface area contributed by atoms with Gasteiger partial charge in [0.25, 0.3) is 0 Å². The van der Waals surface area contributed by atoms with Crippen molar-refractivity contribution < 1.29 is 18.8 Å². The molecule has 0 saturated carbocycles. The summed E-state index contributed by atoms with van der Waals surface area (Å²) in [6, 6.07) is 0. The normalized spacial score (nSPS) is 11.1. The van der Waals surface area contributed by atoms with Gasteiger partial charge in [-0.3, -0.25) is 0 Å². The molecule has 0 aliphatic rings. The number of halogens is 4.